The largest absolute Gasteiger partial charge is 0.466 e. The Labute approximate surface area is 122 Å². The highest BCUT2D eigenvalue weighted by Gasteiger charge is 2.05. The predicted molar refractivity (Wildman–Crippen MR) is 81.0 cm³/mol. The zero-order valence-corrected chi connectivity index (χ0v) is 12.9. The molecule has 2 N–H and O–H groups in total. The number of nitrogens with two attached hydrogens (primary N) is 1. The van der Waals surface area contributed by atoms with Crippen molar-refractivity contribution in [1.29, 1.82) is 0 Å². The van der Waals surface area contributed by atoms with Gasteiger partial charge in [0, 0.05) is 11.1 Å². The Morgan fingerprint density at radius 2 is 1.65 bits per heavy atom. The molecule has 0 fully saturated rings. The van der Waals surface area contributed by atoms with Gasteiger partial charge in [-0.25, -0.2) is 4.79 Å². The van der Waals surface area contributed by atoms with Crippen LogP contribution in [0.4, 0.5) is 0 Å². The molecule has 4 nitrogen and oxygen atoms in total. The molecule has 0 aliphatic heterocycles. The number of carbonyl (C=O) groups is 2. The number of hydrogen-bond acceptors (Lipinski definition) is 3. The first kappa shape index (κ1) is 18.4. The molecule has 1 amide bonds. The summed E-state index contributed by atoms with van der Waals surface area (Å²) in [5.74, 6) is -0.822. The summed E-state index contributed by atoms with van der Waals surface area (Å²) in [5, 5.41) is 0. The molecule has 0 aliphatic rings. The molecule has 0 unspecified atom stereocenters. The van der Waals surface area contributed by atoms with Crippen LogP contribution in [-0.2, 0) is 14.3 Å². The monoisotopic (exact) mass is 281 g/mol. The number of methoxy groups -OCH3 is 1. The highest BCUT2D eigenvalue weighted by atomic mass is 16.5. The van der Waals surface area contributed by atoms with Crippen LogP contribution in [0.2, 0.25) is 0 Å². The third kappa shape index (κ3) is 8.51. The van der Waals surface area contributed by atoms with E-state index in [1.165, 1.54) is 32.8 Å². The summed E-state index contributed by atoms with van der Waals surface area (Å²) in [6, 6.07) is 0. The van der Waals surface area contributed by atoms with Gasteiger partial charge in [-0.05, 0) is 19.8 Å². The lowest BCUT2D eigenvalue weighted by Crippen LogP contribution is -2.14. The van der Waals surface area contributed by atoms with Crippen LogP contribution >= 0.6 is 0 Å². The van der Waals surface area contributed by atoms with Crippen LogP contribution in [0.1, 0.15) is 58.8 Å². The Morgan fingerprint density at radius 1 is 1.05 bits per heavy atom. The summed E-state index contributed by atoms with van der Waals surface area (Å²) >= 11 is 0. The van der Waals surface area contributed by atoms with Gasteiger partial charge < -0.3 is 10.5 Å². The molecule has 0 heterocycles. The maximum absolute atomic E-state index is 11.3. The van der Waals surface area contributed by atoms with Gasteiger partial charge in [-0.3, -0.25) is 4.79 Å². The van der Waals surface area contributed by atoms with Gasteiger partial charge in [0.25, 0.3) is 0 Å². The van der Waals surface area contributed by atoms with E-state index in [4.69, 9.17) is 5.73 Å². The first-order chi connectivity index (χ1) is 9.52. The topological polar surface area (TPSA) is 69.4 Å². The lowest BCUT2D eigenvalue weighted by atomic mass is 10.0. The van der Waals surface area contributed by atoms with E-state index < -0.39 is 11.9 Å². The smallest absolute Gasteiger partial charge is 0.333 e. The van der Waals surface area contributed by atoms with Gasteiger partial charge in [-0.15, -0.1) is 0 Å². The summed E-state index contributed by atoms with van der Waals surface area (Å²) < 4.78 is 4.59. The van der Waals surface area contributed by atoms with Crippen molar-refractivity contribution in [3.63, 3.8) is 0 Å². The maximum Gasteiger partial charge on any atom is 0.333 e. The van der Waals surface area contributed by atoms with E-state index in [1.54, 1.807) is 19.1 Å². The van der Waals surface area contributed by atoms with Gasteiger partial charge in [-0.1, -0.05) is 51.2 Å². The lowest BCUT2D eigenvalue weighted by Gasteiger charge is -2.03. The molecule has 0 radical (unpaired) electrons. The van der Waals surface area contributed by atoms with Gasteiger partial charge in [-0.2, -0.15) is 0 Å². The third-order valence-electron chi connectivity index (χ3n) is 3.16. The molecule has 0 aliphatic carbocycles. The fraction of sp³-hybridized carbons (Fsp3) is 0.625. The zero-order chi connectivity index (χ0) is 15.4. The Balaban J connectivity index is 4.30. The van der Waals surface area contributed by atoms with E-state index in [0.29, 0.717) is 17.6 Å². The van der Waals surface area contributed by atoms with Crippen molar-refractivity contribution in [1.82, 2.24) is 0 Å². The molecule has 0 aromatic rings. The van der Waals surface area contributed by atoms with Crippen LogP contribution in [0.5, 0.6) is 0 Å². The standard InChI is InChI=1S/C16H27NO3/c1-4-5-6-7-8-9-10-14(15(17)18)12-11-13(2)16(19)20-3/h11-12H,4-10H2,1-3H3,(H2,17,18)/b13-11+,14-12+. The number of primary amides is 1. The first-order valence-electron chi connectivity index (χ1n) is 7.28. The lowest BCUT2D eigenvalue weighted by molar-refractivity contribution is -0.136. The summed E-state index contributed by atoms with van der Waals surface area (Å²) in [7, 11) is 1.33. The van der Waals surface area contributed by atoms with Crippen LogP contribution in [-0.4, -0.2) is 19.0 Å². The number of amides is 1. The Morgan fingerprint density at radius 3 is 2.20 bits per heavy atom. The molecule has 0 bridgehead atoms. The zero-order valence-electron chi connectivity index (χ0n) is 12.9. The van der Waals surface area contributed by atoms with Crippen LogP contribution in [0.15, 0.2) is 23.3 Å². The van der Waals surface area contributed by atoms with Crippen LogP contribution in [0.3, 0.4) is 0 Å². The van der Waals surface area contributed by atoms with Crippen LogP contribution < -0.4 is 5.73 Å². The van der Waals surface area contributed by atoms with Gasteiger partial charge in [0.05, 0.1) is 7.11 Å². The van der Waals surface area contributed by atoms with Crippen molar-refractivity contribution in [3.05, 3.63) is 23.3 Å². The normalized spacial score (nSPS) is 12.3. The molecule has 0 aromatic carbocycles. The average molecular weight is 281 g/mol. The van der Waals surface area contributed by atoms with Crippen molar-refractivity contribution in [2.45, 2.75) is 58.8 Å². The minimum absolute atomic E-state index is 0.398. The number of carbonyl (C=O) groups excluding carboxylic acids is 2. The van der Waals surface area contributed by atoms with Crippen LogP contribution in [0.25, 0.3) is 0 Å². The predicted octanol–water partition coefficient (Wildman–Crippen LogP) is 3.27. The molecular weight excluding hydrogens is 254 g/mol. The summed E-state index contributed by atoms with van der Waals surface area (Å²) in [4.78, 5) is 22.5. The summed E-state index contributed by atoms with van der Waals surface area (Å²) in [6.45, 7) is 3.83. The third-order valence-corrected chi connectivity index (χ3v) is 3.16. The maximum atomic E-state index is 11.3. The number of esters is 1. The number of rotatable bonds is 10. The van der Waals surface area contributed by atoms with E-state index >= 15 is 0 Å². The summed E-state index contributed by atoms with van der Waals surface area (Å²) in [6.07, 6.45) is 10.8. The Kier molecular flexibility index (Phi) is 10.4. The molecule has 114 valence electrons. The minimum atomic E-state index is -0.424. The Bertz CT molecular complexity index is 370. The number of hydrogen-bond donors (Lipinski definition) is 1. The average Bonchev–Trinajstić information content (AvgIpc) is 2.43. The molecule has 0 saturated heterocycles. The SMILES string of the molecule is CCCCCCCC/C(=C\C=C(/C)C(=O)OC)C(N)=O. The van der Waals surface area contributed by atoms with E-state index in [9.17, 15) is 9.59 Å². The van der Waals surface area contributed by atoms with Gasteiger partial charge in [0.2, 0.25) is 5.91 Å². The molecule has 4 heteroatoms. The van der Waals surface area contributed by atoms with E-state index in [2.05, 4.69) is 11.7 Å². The summed E-state index contributed by atoms with van der Waals surface area (Å²) in [5.41, 5.74) is 6.35. The van der Waals surface area contributed by atoms with Gasteiger partial charge in [0.15, 0.2) is 0 Å². The second-order valence-electron chi connectivity index (χ2n) is 4.92. The van der Waals surface area contributed by atoms with Crippen molar-refractivity contribution in [2.75, 3.05) is 7.11 Å². The molecular formula is C16H27NO3. The van der Waals surface area contributed by atoms with Gasteiger partial charge >= 0.3 is 5.97 Å². The molecule has 0 saturated carbocycles. The number of ether oxygens (including phenoxy) is 1. The fourth-order valence-corrected chi connectivity index (χ4v) is 1.84. The quantitative estimate of drug-likeness (QED) is 0.289. The highest BCUT2D eigenvalue weighted by Crippen LogP contribution is 2.12. The van der Waals surface area contributed by atoms with E-state index in [0.717, 1.165) is 12.8 Å². The second kappa shape index (κ2) is 11.3. The van der Waals surface area contributed by atoms with E-state index in [1.807, 2.05) is 0 Å². The molecule has 0 rings (SSSR count). The highest BCUT2D eigenvalue weighted by molar-refractivity contribution is 5.93. The number of unbranched alkanes of at least 4 members (excludes halogenated alkanes) is 5. The number of allylic oxidation sites excluding steroid dienone is 2. The van der Waals surface area contributed by atoms with Crippen molar-refractivity contribution < 1.29 is 14.3 Å². The fourth-order valence-electron chi connectivity index (χ4n) is 1.84. The second-order valence-corrected chi connectivity index (χ2v) is 4.92. The molecule has 20 heavy (non-hydrogen) atoms. The van der Waals surface area contributed by atoms with Gasteiger partial charge in [0.1, 0.15) is 0 Å². The Hall–Kier alpha value is -1.58. The van der Waals surface area contributed by atoms with Crippen molar-refractivity contribution in [3.8, 4) is 0 Å². The molecule has 0 aromatic heterocycles. The van der Waals surface area contributed by atoms with Crippen LogP contribution in [0, 0.1) is 0 Å². The minimum Gasteiger partial charge on any atom is -0.466 e. The van der Waals surface area contributed by atoms with Crippen molar-refractivity contribution >= 4 is 11.9 Å². The van der Waals surface area contributed by atoms with E-state index in [-0.39, 0.29) is 0 Å². The van der Waals surface area contributed by atoms with Crippen molar-refractivity contribution in [2.24, 2.45) is 5.73 Å². The molecule has 0 spiro atoms. The first-order valence-corrected chi connectivity index (χ1v) is 7.28. The molecule has 0 atom stereocenters.